The van der Waals surface area contributed by atoms with Crippen molar-refractivity contribution >= 4 is 17.3 Å². The van der Waals surface area contributed by atoms with Crippen molar-refractivity contribution in [1.29, 1.82) is 0 Å². The molecule has 0 radical (unpaired) electrons. The third-order valence-electron chi connectivity index (χ3n) is 3.94. The molecule has 1 amide bonds. The van der Waals surface area contributed by atoms with Gasteiger partial charge in [-0.3, -0.25) is 4.79 Å². The molecular formula is C18H20N2O. The lowest BCUT2D eigenvalue weighted by atomic mass is 9.99. The number of carbonyl (C=O) groups excluding carboxylic acids is 1. The molecule has 3 rings (SSSR count). The molecule has 0 unspecified atom stereocenters. The van der Waals surface area contributed by atoms with Crippen molar-refractivity contribution in [2.75, 3.05) is 17.2 Å². The predicted molar refractivity (Wildman–Crippen MR) is 86.8 cm³/mol. The zero-order valence-electron chi connectivity index (χ0n) is 12.5. The Balaban J connectivity index is 2.01. The lowest BCUT2D eigenvalue weighted by molar-refractivity contribution is 0.0985. The molecule has 2 aromatic carbocycles. The standard InChI is InChI=1S/C18H20N2O/c1-12-8-13(2)10-15(9-12)18(21)20-7-3-4-14-5-6-16(19)11-17(14)20/h5-6,8-11H,3-4,7,19H2,1-2H3. The van der Waals surface area contributed by atoms with Crippen LogP contribution in [-0.2, 0) is 6.42 Å². The largest absolute Gasteiger partial charge is 0.399 e. The fourth-order valence-corrected chi connectivity index (χ4v) is 3.06. The van der Waals surface area contributed by atoms with Gasteiger partial charge in [-0.25, -0.2) is 0 Å². The highest BCUT2D eigenvalue weighted by molar-refractivity contribution is 6.07. The monoisotopic (exact) mass is 280 g/mol. The summed E-state index contributed by atoms with van der Waals surface area (Å²) in [7, 11) is 0. The van der Waals surface area contributed by atoms with E-state index in [1.807, 2.05) is 49.1 Å². The highest BCUT2D eigenvalue weighted by atomic mass is 16.2. The van der Waals surface area contributed by atoms with Gasteiger partial charge in [-0.1, -0.05) is 23.3 Å². The Kier molecular flexibility index (Phi) is 3.42. The number of benzene rings is 2. The average Bonchev–Trinajstić information content (AvgIpc) is 2.44. The molecule has 0 aromatic heterocycles. The Morgan fingerprint density at radius 2 is 1.81 bits per heavy atom. The van der Waals surface area contributed by atoms with Crippen molar-refractivity contribution < 1.29 is 4.79 Å². The molecule has 2 aromatic rings. The number of hydrogen-bond donors (Lipinski definition) is 1. The summed E-state index contributed by atoms with van der Waals surface area (Å²) >= 11 is 0. The summed E-state index contributed by atoms with van der Waals surface area (Å²) in [6, 6.07) is 11.8. The molecule has 108 valence electrons. The lowest BCUT2D eigenvalue weighted by Crippen LogP contribution is -2.35. The minimum absolute atomic E-state index is 0.0633. The molecule has 3 heteroatoms. The van der Waals surface area contributed by atoms with Crippen LogP contribution in [0.4, 0.5) is 11.4 Å². The summed E-state index contributed by atoms with van der Waals surface area (Å²) < 4.78 is 0. The van der Waals surface area contributed by atoms with Gasteiger partial charge in [-0.05, 0) is 56.5 Å². The van der Waals surface area contributed by atoms with E-state index in [4.69, 9.17) is 5.73 Å². The molecule has 0 bridgehead atoms. The second kappa shape index (κ2) is 5.24. The van der Waals surface area contributed by atoms with Crippen LogP contribution in [0.5, 0.6) is 0 Å². The van der Waals surface area contributed by atoms with E-state index in [2.05, 4.69) is 6.07 Å². The number of nitrogens with zero attached hydrogens (tertiary/aromatic N) is 1. The van der Waals surface area contributed by atoms with Crippen molar-refractivity contribution in [3.05, 3.63) is 58.7 Å². The SMILES string of the molecule is Cc1cc(C)cc(C(=O)N2CCCc3ccc(N)cc32)c1. The summed E-state index contributed by atoms with van der Waals surface area (Å²) in [6.45, 7) is 4.79. The van der Waals surface area contributed by atoms with Gasteiger partial charge in [-0.2, -0.15) is 0 Å². The highest BCUT2D eigenvalue weighted by Crippen LogP contribution is 2.30. The summed E-state index contributed by atoms with van der Waals surface area (Å²) in [5.41, 5.74) is 11.7. The van der Waals surface area contributed by atoms with Gasteiger partial charge in [0.1, 0.15) is 0 Å². The van der Waals surface area contributed by atoms with Gasteiger partial charge in [0.25, 0.3) is 5.91 Å². The summed E-state index contributed by atoms with van der Waals surface area (Å²) in [4.78, 5) is 14.7. The molecule has 0 saturated carbocycles. The number of carbonyl (C=O) groups is 1. The van der Waals surface area contributed by atoms with E-state index in [9.17, 15) is 4.79 Å². The lowest BCUT2D eigenvalue weighted by Gasteiger charge is -2.30. The number of nitrogen functional groups attached to an aromatic ring is 1. The number of hydrogen-bond acceptors (Lipinski definition) is 2. The fraction of sp³-hybridized carbons (Fsp3) is 0.278. The van der Waals surface area contributed by atoms with Gasteiger partial charge in [-0.15, -0.1) is 0 Å². The molecule has 0 spiro atoms. The van der Waals surface area contributed by atoms with E-state index in [-0.39, 0.29) is 5.91 Å². The van der Waals surface area contributed by atoms with Crippen molar-refractivity contribution in [2.45, 2.75) is 26.7 Å². The number of nitrogens with two attached hydrogens (primary N) is 1. The van der Waals surface area contributed by atoms with Crippen LogP contribution in [0, 0.1) is 13.8 Å². The van der Waals surface area contributed by atoms with Crippen LogP contribution >= 0.6 is 0 Å². The Morgan fingerprint density at radius 1 is 1.10 bits per heavy atom. The van der Waals surface area contributed by atoms with Crippen LogP contribution < -0.4 is 10.6 Å². The first-order valence-electron chi connectivity index (χ1n) is 7.33. The van der Waals surface area contributed by atoms with Crippen LogP contribution in [0.1, 0.15) is 33.5 Å². The summed E-state index contributed by atoms with van der Waals surface area (Å²) in [5.74, 6) is 0.0633. The molecule has 1 heterocycles. The maximum atomic E-state index is 12.9. The second-order valence-electron chi connectivity index (χ2n) is 5.82. The Bertz CT molecular complexity index is 686. The highest BCUT2D eigenvalue weighted by Gasteiger charge is 2.23. The van der Waals surface area contributed by atoms with Crippen molar-refractivity contribution in [2.24, 2.45) is 0 Å². The Labute approximate surface area is 125 Å². The summed E-state index contributed by atoms with van der Waals surface area (Å²) in [5, 5.41) is 0. The van der Waals surface area contributed by atoms with Crippen molar-refractivity contribution in [3.63, 3.8) is 0 Å². The van der Waals surface area contributed by atoms with Crippen LogP contribution in [-0.4, -0.2) is 12.5 Å². The van der Waals surface area contributed by atoms with Gasteiger partial charge < -0.3 is 10.6 Å². The molecule has 0 fully saturated rings. The van der Waals surface area contributed by atoms with Crippen molar-refractivity contribution in [3.8, 4) is 0 Å². The second-order valence-corrected chi connectivity index (χ2v) is 5.82. The molecule has 0 saturated heterocycles. The quantitative estimate of drug-likeness (QED) is 0.813. The molecule has 1 aliphatic heterocycles. The maximum Gasteiger partial charge on any atom is 0.258 e. The van der Waals surface area contributed by atoms with Gasteiger partial charge in [0.2, 0.25) is 0 Å². The maximum absolute atomic E-state index is 12.9. The van der Waals surface area contributed by atoms with E-state index in [1.165, 1.54) is 5.56 Å². The summed E-state index contributed by atoms with van der Waals surface area (Å²) in [6.07, 6.45) is 2.00. The van der Waals surface area contributed by atoms with Crippen LogP contribution in [0.2, 0.25) is 0 Å². The van der Waals surface area contributed by atoms with Gasteiger partial charge in [0, 0.05) is 23.5 Å². The van der Waals surface area contributed by atoms with E-state index in [1.54, 1.807) is 0 Å². The number of anilines is 2. The minimum Gasteiger partial charge on any atom is -0.399 e. The molecule has 1 aliphatic rings. The Morgan fingerprint density at radius 3 is 2.52 bits per heavy atom. The van der Waals surface area contributed by atoms with Crippen molar-refractivity contribution in [1.82, 2.24) is 0 Å². The van der Waals surface area contributed by atoms with E-state index in [0.717, 1.165) is 41.8 Å². The third kappa shape index (κ3) is 2.64. The van der Waals surface area contributed by atoms with E-state index in [0.29, 0.717) is 5.69 Å². The Hall–Kier alpha value is -2.29. The molecule has 21 heavy (non-hydrogen) atoms. The smallest absolute Gasteiger partial charge is 0.258 e. The number of fused-ring (bicyclic) bond motifs is 1. The minimum atomic E-state index is 0.0633. The zero-order chi connectivity index (χ0) is 15.0. The zero-order valence-corrected chi connectivity index (χ0v) is 12.5. The topological polar surface area (TPSA) is 46.3 Å². The number of amides is 1. The average molecular weight is 280 g/mol. The van der Waals surface area contributed by atoms with E-state index >= 15 is 0 Å². The fourth-order valence-electron chi connectivity index (χ4n) is 3.06. The first-order valence-corrected chi connectivity index (χ1v) is 7.33. The predicted octanol–water partition coefficient (Wildman–Crippen LogP) is 3.48. The first kappa shape index (κ1) is 13.7. The molecule has 2 N–H and O–H groups in total. The molecule has 3 nitrogen and oxygen atoms in total. The normalized spacial score (nSPS) is 13.9. The van der Waals surface area contributed by atoms with Crippen LogP contribution in [0.3, 0.4) is 0 Å². The van der Waals surface area contributed by atoms with Gasteiger partial charge in [0.15, 0.2) is 0 Å². The van der Waals surface area contributed by atoms with Crippen LogP contribution in [0.15, 0.2) is 36.4 Å². The third-order valence-corrected chi connectivity index (χ3v) is 3.94. The molecule has 0 atom stereocenters. The first-order chi connectivity index (χ1) is 10.0. The van der Waals surface area contributed by atoms with Gasteiger partial charge >= 0.3 is 0 Å². The molecule has 0 aliphatic carbocycles. The number of aryl methyl sites for hydroxylation is 3. The molecular weight excluding hydrogens is 260 g/mol. The van der Waals surface area contributed by atoms with Gasteiger partial charge in [0.05, 0.1) is 0 Å². The number of rotatable bonds is 1. The van der Waals surface area contributed by atoms with E-state index < -0.39 is 0 Å². The van der Waals surface area contributed by atoms with Crippen LogP contribution in [0.25, 0.3) is 0 Å².